The third-order valence-corrected chi connectivity index (χ3v) is 10.6. The molecule has 302 valence electrons. The number of carbonyl (C=O) groups is 3. The summed E-state index contributed by atoms with van der Waals surface area (Å²) in [5.74, 6) is 0.679. The van der Waals surface area contributed by atoms with Crippen LogP contribution in [0, 0.1) is 11.8 Å². The van der Waals surface area contributed by atoms with Crippen molar-refractivity contribution in [2.24, 2.45) is 11.8 Å². The molecule has 57 heavy (non-hydrogen) atoms. The van der Waals surface area contributed by atoms with E-state index < -0.39 is 11.7 Å². The van der Waals surface area contributed by atoms with E-state index in [1.807, 2.05) is 89.2 Å². The maximum Gasteiger partial charge on any atom is 0.410 e. The number of amides is 2. The lowest BCUT2D eigenvalue weighted by atomic mass is 9.94. The molecule has 1 aliphatic carbocycles. The molecule has 1 aliphatic heterocycles. The van der Waals surface area contributed by atoms with E-state index >= 15 is 0 Å². The molecule has 12 nitrogen and oxygen atoms in total. The van der Waals surface area contributed by atoms with Crippen molar-refractivity contribution in [2.45, 2.75) is 84.5 Å². The summed E-state index contributed by atoms with van der Waals surface area (Å²) in [6.07, 6.45) is 3.93. The van der Waals surface area contributed by atoms with Crippen molar-refractivity contribution in [2.75, 3.05) is 20.8 Å². The lowest BCUT2D eigenvalue weighted by Gasteiger charge is -2.29. The van der Waals surface area contributed by atoms with Crippen LogP contribution in [0.5, 0.6) is 11.6 Å². The second-order valence-corrected chi connectivity index (χ2v) is 16.5. The average Bonchev–Trinajstić information content (AvgIpc) is 3.95. The molecule has 2 N–H and O–H groups in total. The van der Waals surface area contributed by atoms with Crippen LogP contribution in [0.15, 0.2) is 60.8 Å². The van der Waals surface area contributed by atoms with Gasteiger partial charge in [-0.25, -0.2) is 9.78 Å². The number of carbonyl (C=O) groups excluding carboxylic acids is 3. The first-order valence-corrected chi connectivity index (χ1v) is 19.8. The topological polar surface area (TPSA) is 141 Å². The van der Waals surface area contributed by atoms with Gasteiger partial charge in [-0.1, -0.05) is 67.4 Å². The molecule has 2 aliphatic rings. The maximum atomic E-state index is 13.3. The average molecular weight is 819 g/mol. The van der Waals surface area contributed by atoms with Gasteiger partial charge in [-0.05, 0) is 70.2 Å². The van der Waals surface area contributed by atoms with Gasteiger partial charge in [0, 0.05) is 58.6 Å². The van der Waals surface area contributed by atoms with Crippen molar-refractivity contribution in [1.29, 1.82) is 0 Å². The fourth-order valence-electron chi connectivity index (χ4n) is 6.72. The highest BCUT2D eigenvalue weighted by Gasteiger charge is 2.33. The van der Waals surface area contributed by atoms with E-state index in [1.54, 1.807) is 18.2 Å². The molecule has 2 aromatic carbocycles. The highest BCUT2D eigenvalue weighted by molar-refractivity contribution is 6.39. The monoisotopic (exact) mass is 817 g/mol. The van der Waals surface area contributed by atoms with Crippen molar-refractivity contribution in [3.8, 4) is 45.3 Å². The molecule has 1 saturated heterocycles. The van der Waals surface area contributed by atoms with Crippen LogP contribution in [0.25, 0.3) is 33.6 Å². The highest BCUT2D eigenvalue weighted by Crippen LogP contribution is 2.43. The fraction of sp³-hybridized carbons (Fsp3) is 0.419. The lowest BCUT2D eigenvalue weighted by Crippen LogP contribution is -2.43. The minimum atomic E-state index is -0.708. The number of benzene rings is 2. The second kappa shape index (κ2) is 17.7. The van der Waals surface area contributed by atoms with Gasteiger partial charge in [0.1, 0.15) is 11.4 Å². The Morgan fingerprint density at radius 2 is 1.70 bits per heavy atom. The molecule has 2 unspecified atom stereocenters. The maximum absolute atomic E-state index is 13.3. The van der Waals surface area contributed by atoms with Crippen molar-refractivity contribution >= 4 is 41.2 Å². The van der Waals surface area contributed by atoms with E-state index in [0.717, 1.165) is 24.0 Å². The Bertz CT molecular complexity index is 2140. The van der Waals surface area contributed by atoms with Gasteiger partial charge in [0.25, 0.3) is 0 Å². The zero-order chi connectivity index (χ0) is 41.0. The second-order valence-electron chi connectivity index (χ2n) is 15.7. The summed E-state index contributed by atoms with van der Waals surface area (Å²) in [7, 11) is 3.11. The zero-order valence-corrected chi connectivity index (χ0v) is 34.8. The molecule has 0 spiro atoms. The van der Waals surface area contributed by atoms with Crippen LogP contribution in [0.4, 0.5) is 4.79 Å². The number of aromatic nitrogens is 2. The van der Waals surface area contributed by atoms with Gasteiger partial charge in [-0.15, -0.1) is 5.48 Å². The standard InChI is InChI=1S/C43H49Cl2N5O7/c1-24(2)38(49-57-41(52)25-11-12-25)32-16-13-26(21-34(32)54-6)39-37(45)30(19-20-46-39)29-9-8-10-31(36(29)44)33-17-14-27(40(48-33)55-7)22-50(42(53)56-43(3,4)5)23-28-15-18-35(51)47-28/h8-10,13-14,16-17,19-21,24-25,28,38,49H,11-12,15,18,22-23H2,1-7H3,(H,47,51). The summed E-state index contributed by atoms with van der Waals surface area (Å²) in [6.45, 7) is 9.93. The summed E-state index contributed by atoms with van der Waals surface area (Å²) in [5, 5.41) is 3.75. The number of hydrogen-bond donors (Lipinski definition) is 2. The van der Waals surface area contributed by atoms with Gasteiger partial charge in [-0.2, -0.15) is 0 Å². The van der Waals surface area contributed by atoms with Crippen LogP contribution < -0.4 is 20.3 Å². The normalized spacial score (nSPS) is 15.9. The fourth-order valence-corrected chi connectivity index (χ4v) is 7.37. The van der Waals surface area contributed by atoms with Crippen LogP contribution in [0.2, 0.25) is 10.0 Å². The number of nitrogens with one attached hydrogen (secondary N) is 2. The number of rotatable bonds is 14. The number of pyridine rings is 2. The summed E-state index contributed by atoms with van der Waals surface area (Å²) in [6, 6.07) is 16.3. The SMILES string of the molecule is COc1cc(-c2nccc(-c3cccc(-c4ccc(CN(CC5CCC(=O)N5)C(=O)OC(C)(C)C)c(OC)n4)c3Cl)c2Cl)ccc1C(NOC(=O)C1CC1)C(C)C. The minimum absolute atomic E-state index is 0.0304. The summed E-state index contributed by atoms with van der Waals surface area (Å²) in [5.41, 5.74) is 7.54. The molecule has 2 aromatic heterocycles. The Hall–Kier alpha value is -4.91. The van der Waals surface area contributed by atoms with E-state index in [-0.39, 0.29) is 48.9 Å². The number of nitrogens with zero attached hydrogens (tertiary/aromatic N) is 3. The van der Waals surface area contributed by atoms with E-state index in [0.29, 0.717) is 68.2 Å². The Kier molecular flexibility index (Phi) is 13.0. The summed E-state index contributed by atoms with van der Waals surface area (Å²) >= 11 is 14.3. The molecule has 2 atom stereocenters. The van der Waals surface area contributed by atoms with Gasteiger partial charge in [0.2, 0.25) is 11.8 Å². The molecule has 14 heteroatoms. The zero-order valence-electron chi connectivity index (χ0n) is 33.3. The summed E-state index contributed by atoms with van der Waals surface area (Å²) < 4.78 is 17.3. The van der Waals surface area contributed by atoms with Gasteiger partial charge >= 0.3 is 12.1 Å². The first kappa shape index (κ1) is 41.7. The van der Waals surface area contributed by atoms with Crippen molar-refractivity contribution in [3.05, 3.63) is 82.0 Å². The van der Waals surface area contributed by atoms with Crippen LogP contribution in [-0.2, 0) is 25.7 Å². The highest BCUT2D eigenvalue weighted by atomic mass is 35.5. The van der Waals surface area contributed by atoms with Gasteiger partial charge in [0.05, 0.1) is 54.2 Å². The van der Waals surface area contributed by atoms with E-state index in [1.165, 1.54) is 7.11 Å². The third kappa shape index (κ3) is 9.98. The first-order valence-electron chi connectivity index (χ1n) is 19.1. The largest absolute Gasteiger partial charge is 0.496 e. The van der Waals surface area contributed by atoms with Gasteiger partial charge in [0.15, 0.2) is 0 Å². The molecule has 3 heterocycles. The smallest absolute Gasteiger partial charge is 0.410 e. The molecule has 6 rings (SSSR count). The Morgan fingerprint density at radius 1 is 0.965 bits per heavy atom. The Balaban J connectivity index is 1.27. The van der Waals surface area contributed by atoms with Gasteiger partial charge in [-0.3, -0.25) is 14.6 Å². The van der Waals surface area contributed by atoms with Crippen molar-refractivity contribution < 1.29 is 33.4 Å². The van der Waals surface area contributed by atoms with Crippen LogP contribution in [-0.4, -0.2) is 65.2 Å². The first-order chi connectivity index (χ1) is 27.2. The van der Waals surface area contributed by atoms with Crippen LogP contribution in [0.3, 0.4) is 0 Å². The summed E-state index contributed by atoms with van der Waals surface area (Å²) in [4.78, 5) is 54.0. The van der Waals surface area contributed by atoms with E-state index in [9.17, 15) is 14.4 Å². The number of ether oxygens (including phenoxy) is 3. The third-order valence-electron chi connectivity index (χ3n) is 9.83. The molecule has 4 aromatic rings. The predicted molar refractivity (Wildman–Crippen MR) is 219 cm³/mol. The number of methoxy groups -OCH3 is 2. The molecule has 0 bridgehead atoms. The lowest BCUT2D eigenvalue weighted by molar-refractivity contribution is -0.155. The Morgan fingerprint density at radius 3 is 2.35 bits per heavy atom. The number of hydrogen-bond acceptors (Lipinski definition) is 10. The predicted octanol–water partition coefficient (Wildman–Crippen LogP) is 8.97. The number of hydroxylamine groups is 1. The molecule has 1 saturated carbocycles. The van der Waals surface area contributed by atoms with Crippen LogP contribution in [0.1, 0.15) is 77.5 Å². The molecule has 0 radical (unpaired) electrons. The number of halogens is 2. The minimum Gasteiger partial charge on any atom is -0.496 e. The molecular weight excluding hydrogens is 769 g/mol. The van der Waals surface area contributed by atoms with E-state index in [4.69, 9.17) is 47.2 Å². The van der Waals surface area contributed by atoms with Crippen molar-refractivity contribution in [3.63, 3.8) is 0 Å². The van der Waals surface area contributed by atoms with E-state index in [2.05, 4.69) is 15.8 Å². The molecule has 2 fully saturated rings. The van der Waals surface area contributed by atoms with Crippen molar-refractivity contribution in [1.82, 2.24) is 25.7 Å². The Labute approximate surface area is 343 Å². The van der Waals surface area contributed by atoms with Crippen LogP contribution >= 0.6 is 23.2 Å². The quantitative estimate of drug-likeness (QED) is 0.119. The molecule has 2 amide bonds. The van der Waals surface area contributed by atoms with Gasteiger partial charge < -0.3 is 29.3 Å². The molecular formula is C43H49Cl2N5O7.